The van der Waals surface area contributed by atoms with Crippen molar-refractivity contribution in [3.8, 4) is 0 Å². The lowest BCUT2D eigenvalue weighted by Gasteiger charge is -2.14. The van der Waals surface area contributed by atoms with Gasteiger partial charge in [-0.15, -0.1) is 0 Å². The Balaban J connectivity index is 1.53. The molecule has 2 aliphatic rings. The molecule has 0 atom stereocenters. The number of nitrogens with one attached hydrogen (secondary N) is 1. The Hall–Kier alpha value is -0.830. The van der Waals surface area contributed by atoms with Crippen molar-refractivity contribution < 1.29 is 0 Å². The lowest BCUT2D eigenvalue weighted by Crippen LogP contribution is -2.25. The Labute approximate surface area is 104 Å². The molecule has 1 heterocycles. The van der Waals surface area contributed by atoms with Crippen LogP contribution in [0.25, 0.3) is 0 Å². The molecule has 0 aromatic carbocycles. The SMILES string of the molecule is CCc1nn(C)cc1CNCC1(C2CC2)CC1. The molecule has 2 saturated carbocycles. The summed E-state index contributed by atoms with van der Waals surface area (Å²) in [6.45, 7) is 4.39. The molecule has 0 bridgehead atoms. The summed E-state index contributed by atoms with van der Waals surface area (Å²) >= 11 is 0. The average molecular weight is 233 g/mol. The van der Waals surface area contributed by atoms with Crippen LogP contribution in [0.2, 0.25) is 0 Å². The summed E-state index contributed by atoms with van der Waals surface area (Å²) in [6, 6.07) is 0. The number of aryl methyl sites for hydroxylation is 2. The molecule has 94 valence electrons. The van der Waals surface area contributed by atoms with Gasteiger partial charge in [-0.05, 0) is 43.4 Å². The fraction of sp³-hybridized carbons (Fsp3) is 0.786. The lowest BCUT2D eigenvalue weighted by atomic mass is 10.0. The Bertz CT molecular complexity index is 400. The van der Waals surface area contributed by atoms with Crippen molar-refractivity contribution in [2.24, 2.45) is 18.4 Å². The smallest absolute Gasteiger partial charge is 0.0666 e. The third-order valence-corrected chi connectivity index (χ3v) is 4.45. The lowest BCUT2D eigenvalue weighted by molar-refractivity contribution is 0.403. The van der Waals surface area contributed by atoms with Crippen LogP contribution in [0.3, 0.4) is 0 Å². The van der Waals surface area contributed by atoms with Gasteiger partial charge in [0.25, 0.3) is 0 Å². The van der Waals surface area contributed by atoms with Gasteiger partial charge < -0.3 is 5.32 Å². The van der Waals surface area contributed by atoms with Crippen molar-refractivity contribution in [2.45, 2.75) is 45.6 Å². The van der Waals surface area contributed by atoms with Crippen molar-refractivity contribution in [1.82, 2.24) is 15.1 Å². The molecule has 3 nitrogen and oxygen atoms in total. The highest BCUT2D eigenvalue weighted by molar-refractivity contribution is 5.17. The Morgan fingerprint density at radius 3 is 2.82 bits per heavy atom. The van der Waals surface area contributed by atoms with Crippen molar-refractivity contribution in [1.29, 1.82) is 0 Å². The molecular weight excluding hydrogens is 210 g/mol. The largest absolute Gasteiger partial charge is 0.312 e. The Morgan fingerprint density at radius 1 is 1.47 bits per heavy atom. The van der Waals surface area contributed by atoms with E-state index in [-0.39, 0.29) is 0 Å². The molecule has 17 heavy (non-hydrogen) atoms. The Kier molecular flexibility index (Phi) is 2.74. The highest BCUT2D eigenvalue weighted by Crippen LogP contribution is 2.60. The highest BCUT2D eigenvalue weighted by atomic mass is 15.3. The first kappa shape index (κ1) is 11.3. The normalized spacial score (nSPS) is 21.8. The molecular formula is C14H23N3. The molecule has 1 aromatic rings. The van der Waals surface area contributed by atoms with Crippen LogP contribution >= 0.6 is 0 Å². The first-order valence-electron chi connectivity index (χ1n) is 6.95. The molecule has 1 aromatic heterocycles. The maximum absolute atomic E-state index is 4.48. The first-order chi connectivity index (χ1) is 8.23. The summed E-state index contributed by atoms with van der Waals surface area (Å²) < 4.78 is 1.93. The Morgan fingerprint density at radius 2 is 2.24 bits per heavy atom. The number of hydrogen-bond acceptors (Lipinski definition) is 2. The van der Waals surface area contributed by atoms with Crippen LogP contribution in [0.4, 0.5) is 0 Å². The zero-order valence-corrected chi connectivity index (χ0v) is 11.0. The topological polar surface area (TPSA) is 29.9 Å². The van der Waals surface area contributed by atoms with Gasteiger partial charge in [-0.3, -0.25) is 4.68 Å². The van der Waals surface area contributed by atoms with Gasteiger partial charge in [0, 0.05) is 31.9 Å². The van der Waals surface area contributed by atoms with E-state index in [0.29, 0.717) is 5.41 Å². The number of aromatic nitrogens is 2. The minimum atomic E-state index is 0.703. The molecule has 2 aliphatic carbocycles. The van der Waals surface area contributed by atoms with Crippen LogP contribution in [0.5, 0.6) is 0 Å². The zero-order valence-electron chi connectivity index (χ0n) is 11.0. The molecule has 0 spiro atoms. The van der Waals surface area contributed by atoms with Gasteiger partial charge in [0.15, 0.2) is 0 Å². The van der Waals surface area contributed by atoms with Crippen molar-refractivity contribution in [2.75, 3.05) is 6.54 Å². The summed E-state index contributed by atoms with van der Waals surface area (Å²) in [5, 5.41) is 8.14. The van der Waals surface area contributed by atoms with Crippen LogP contribution in [-0.4, -0.2) is 16.3 Å². The molecule has 0 unspecified atom stereocenters. The van der Waals surface area contributed by atoms with Gasteiger partial charge in [-0.1, -0.05) is 6.92 Å². The standard InChI is InChI=1S/C14H23N3/c1-3-13-11(9-17(2)16-13)8-15-10-14(6-7-14)12-4-5-12/h9,12,15H,3-8,10H2,1-2H3. The summed E-state index contributed by atoms with van der Waals surface area (Å²) in [4.78, 5) is 0. The van der Waals surface area contributed by atoms with Crippen LogP contribution in [-0.2, 0) is 20.0 Å². The monoisotopic (exact) mass is 233 g/mol. The molecule has 0 radical (unpaired) electrons. The maximum atomic E-state index is 4.48. The highest BCUT2D eigenvalue weighted by Gasteiger charge is 2.53. The fourth-order valence-electron chi connectivity index (χ4n) is 3.06. The van der Waals surface area contributed by atoms with E-state index >= 15 is 0 Å². The van der Waals surface area contributed by atoms with Crippen LogP contribution in [0, 0.1) is 11.3 Å². The molecule has 0 amide bonds. The van der Waals surface area contributed by atoms with Crippen LogP contribution in [0.15, 0.2) is 6.20 Å². The van der Waals surface area contributed by atoms with Gasteiger partial charge >= 0.3 is 0 Å². The predicted molar refractivity (Wildman–Crippen MR) is 68.7 cm³/mol. The van der Waals surface area contributed by atoms with Gasteiger partial charge in [0.2, 0.25) is 0 Å². The minimum Gasteiger partial charge on any atom is -0.312 e. The van der Waals surface area contributed by atoms with Gasteiger partial charge in [0.05, 0.1) is 5.69 Å². The molecule has 2 fully saturated rings. The number of hydrogen-bond donors (Lipinski definition) is 1. The molecule has 0 saturated heterocycles. The second-order valence-corrected chi connectivity index (χ2v) is 5.87. The van der Waals surface area contributed by atoms with E-state index in [4.69, 9.17) is 0 Å². The third-order valence-electron chi connectivity index (χ3n) is 4.45. The van der Waals surface area contributed by atoms with E-state index in [1.54, 1.807) is 0 Å². The summed E-state index contributed by atoms with van der Waals surface area (Å²) in [7, 11) is 2.01. The van der Waals surface area contributed by atoms with Crippen molar-refractivity contribution in [3.63, 3.8) is 0 Å². The second-order valence-electron chi connectivity index (χ2n) is 5.87. The second kappa shape index (κ2) is 4.13. The molecule has 3 heteroatoms. The summed E-state index contributed by atoms with van der Waals surface area (Å²) in [5.74, 6) is 1.05. The van der Waals surface area contributed by atoms with E-state index in [0.717, 1.165) is 18.9 Å². The third kappa shape index (κ3) is 2.25. The van der Waals surface area contributed by atoms with Gasteiger partial charge in [-0.2, -0.15) is 5.10 Å². The minimum absolute atomic E-state index is 0.703. The van der Waals surface area contributed by atoms with Crippen LogP contribution < -0.4 is 5.32 Å². The summed E-state index contributed by atoms with van der Waals surface area (Å²) in [6.07, 6.45) is 9.06. The molecule has 1 N–H and O–H groups in total. The summed E-state index contributed by atoms with van der Waals surface area (Å²) in [5.41, 5.74) is 3.33. The van der Waals surface area contributed by atoms with E-state index in [9.17, 15) is 0 Å². The molecule has 3 rings (SSSR count). The van der Waals surface area contributed by atoms with E-state index < -0.39 is 0 Å². The van der Waals surface area contributed by atoms with Crippen LogP contribution in [0.1, 0.15) is 43.9 Å². The number of nitrogens with zero attached hydrogens (tertiary/aromatic N) is 2. The van der Waals surface area contributed by atoms with Gasteiger partial charge in [0.1, 0.15) is 0 Å². The quantitative estimate of drug-likeness (QED) is 0.817. The average Bonchev–Trinajstić information content (AvgIpc) is 3.17. The number of rotatable bonds is 6. The van der Waals surface area contributed by atoms with E-state index in [2.05, 4.69) is 23.5 Å². The molecule has 0 aliphatic heterocycles. The van der Waals surface area contributed by atoms with Gasteiger partial charge in [-0.25, -0.2) is 0 Å². The predicted octanol–water partition coefficient (Wildman–Crippen LogP) is 2.26. The van der Waals surface area contributed by atoms with Crippen molar-refractivity contribution in [3.05, 3.63) is 17.5 Å². The van der Waals surface area contributed by atoms with E-state index in [1.165, 1.54) is 43.5 Å². The van der Waals surface area contributed by atoms with E-state index in [1.807, 2.05) is 11.7 Å². The zero-order chi connectivity index (χ0) is 11.9. The fourth-order valence-corrected chi connectivity index (χ4v) is 3.06. The van der Waals surface area contributed by atoms with Crippen molar-refractivity contribution >= 4 is 0 Å². The maximum Gasteiger partial charge on any atom is 0.0666 e. The first-order valence-corrected chi connectivity index (χ1v) is 6.95.